The van der Waals surface area contributed by atoms with Gasteiger partial charge in [-0.05, 0) is 26.3 Å². The fraction of sp³-hybridized carbons (Fsp3) is 0.600. The number of aromatic nitrogens is 2. The van der Waals surface area contributed by atoms with Gasteiger partial charge in [-0.2, -0.15) is 4.98 Å². The molecule has 0 aliphatic heterocycles. The maximum Gasteiger partial charge on any atom is 0.226 e. The van der Waals surface area contributed by atoms with Crippen molar-refractivity contribution in [2.45, 2.75) is 27.2 Å². The van der Waals surface area contributed by atoms with Gasteiger partial charge in [-0.1, -0.05) is 6.92 Å². The van der Waals surface area contributed by atoms with E-state index in [-0.39, 0.29) is 0 Å². The SMILES string of the molecule is CCNc1nc(N(CC)CCOC)c2cc(CC)sc2n1. The Morgan fingerprint density at radius 3 is 2.71 bits per heavy atom. The summed E-state index contributed by atoms with van der Waals surface area (Å²) in [4.78, 5) is 14.0. The Morgan fingerprint density at radius 2 is 2.10 bits per heavy atom. The number of likely N-dealkylation sites (N-methyl/N-ethyl adjacent to an activating group) is 1. The lowest BCUT2D eigenvalue weighted by atomic mass is 10.3. The quantitative estimate of drug-likeness (QED) is 0.812. The summed E-state index contributed by atoms with van der Waals surface area (Å²) in [5.74, 6) is 1.71. The molecule has 2 rings (SSSR count). The van der Waals surface area contributed by atoms with Crippen LogP contribution in [-0.4, -0.2) is 43.3 Å². The summed E-state index contributed by atoms with van der Waals surface area (Å²) in [7, 11) is 1.73. The second kappa shape index (κ2) is 7.56. The van der Waals surface area contributed by atoms with E-state index in [2.05, 4.69) is 42.0 Å². The highest BCUT2D eigenvalue weighted by atomic mass is 32.1. The fourth-order valence-electron chi connectivity index (χ4n) is 2.22. The molecule has 2 heterocycles. The first-order valence-corrected chi connectivity index (χ1v) is 8.33. The molecule has 6 heteroatoms. The van der Waals surface area contributed by atoms with Crippen LogP contribution in [0.25, 0.3) is 10.2 Å². The van der Waals surface area contributed by atoms with Crippen LogP contribution < -0.4 is 10.2 Å². The van der Waals surface area contributed by atoms with Crippen LogP contribution in [0.1, 0.15) is 25.6 Å². The van der Waals surface area contributed by atoms with Crippen LogP contribution in [0, 0.1) is 0 Å². The van der Waals surface area contributed by atoms with Crippen LogP contribution in [0.3, 0.4) is 0 Å². The van der Waals surface area contributed by atoms with Gasteiger partial charge < -0.3 is 15.0 Å². The van der Waals surface area contributed by atoms with Crippen LogP contribution in [-0.2, 0) is 11.2 Å². The predicted octanol–water partition coefficient (Wildman–Crippen LogP) is 3.16. The van der Waals surface area contributed by atoms with Gasteiger partial charge in [-0.15, -0.1) is 11.3 Å². The predicted molar refractivity (Wildman–Crippen MR) is 90.7 cm³/mol. The first kappa shape index (κ1) is 16.0. The van der Waals surface area contributed by atoms with Gasteiger partial charge in [0.2, 0.25) is 5.95 Å². The van der Waals surface area contributed by atoms with Gasteiger partial charge in [0.15, 0.2) is 0 Å². The molecule has 0 saturated carbocycles. The summed E-state index contributed by atoms with van der Waals surface area (Å²) in [5, 5.41) is 4.38. The minimum absolute atomic E-state index is 0.695. The summed E-state index contributed by atoms with van der Waals surface area (Å²) in [5.41, 5.74) is 0. The first-order chi connectivity index (χ1) is 10.2. The van der Waals surface area contributed by atoms with E-state index in [0.717, 1.165) is 42.1 Å². The molecule has 0 saturated heterocycles. The van der Waals surface area contributed by atoms with Gasteiger partial charge in [-0.25, -0.2) is 4.98 Å². The maximum absolute atomic E-state index is 5.21. The van der Waals surface area contributed by atoms with Crippen molar-refractivity contribution < 1.29 is 4.74 Å². The molecule has 116 valence electrons. The largest absolute Gasteiger partial charge is 0.383 e. The summed E-state index contributed by atoms with van der Waals surface area (Å²) in [6.45, 7) is 9.62. The lowest BCUT2D eigenvalue weighted by Crippen LogP contribution is -2.28. The van der Waals surface area contributed by atoms with Crippen molar-refractivity contribution in [1.82, 2.24) is 9.97 Å². The third-order valence-corrected chi connectivity index (χ3v) is 4.53. The maximum atomic E-state index is 5.21. The highest BCUT2D eigenvalue weighted by Gasteiger charge is 2.15. The Hall–Kier alpha value is -1.40. The van der Waals surface area contributed by atoms with Crippen molar-refractivity contribution in [2.24, 2.45) is 0 Å². The van der Waals surface area contributed by atoms with E-state index in [9.17, 15) is 0 Å². The average Bonchev–Trinajstić information content (AvgIpc) is 2.91. The standard InChI is InChI=1S/C15H24N4OS/c1-5-11-10-12-13(19(7-3)8-9-20-4)17-15(16-6-2)18-14(12)21-11/h10H,5-9H2,1-4H3,(H,16,17,18). The molecule has 0 aliphatic rings. The molecule has 2 aromatic rings. The van der Waals surface area contributed by atoms with Gasteiger partial charge in [0.1, 0.15) is 10.6 Å². The summed E-state index contributed by atoms with van der Waals surface area (Å²) in [6, 6.07) is 2.22. The van der Waals surface area contributed by atoms with Crippen molar-refractivity contribution in [3.05, 3.63) is 10.9 Å². The Labute approximate surface area is 130 Å². The number of aryl methyl sites for hydroxylation is 1. The molecule has 21 heavy (non-hydrogen) atoms. The zero-order valence-corrected chi connectivity index (χ0v) is 14.1. The lowest BCUT2D eigenvalue weighted by Gasteiger charge is -2.22. The van der Waals surface area contributed by atoms with Crippen LogP contribution in [0.15, 0.2) is 6.07 Å². The van der Waals surface area contributed by atoms with Crippen molar-refractivity contribution >= 4 is 33.3 Å². The lowest BCUT2D eigenvalue weighted by molar-refractivity contribution is 0.205. The Balaban J connectivity index is 2.48. The average molecular weight is 308 g/mol. The number of methoxy groups -OCH3 is 1. The Morgan fingerprint density at radius 1 is 1.29 bits per heavy atom. The van der Waals surface area contributed by atoms with E-state index in [1.165, 1.54) is 4.88 Å². The minimum Gasteiger partial charge on any atom is -0.383 e. The smallest absolute Gasteiger partial charge is 0.226 e. The van der Waals surface area contributed by atoms with Crippen LogP contribution in [0.2, 0.25) is 0 Å². The molecule has 1 N–H and O–H groups in total. The molecule has 0 radical (unpaired) electrons. The molecule has 5 nitrogen and oxygen atoms in total. The molecule has 0 aliphatic carbocycles. The zero-order chi connectivity index (χ0) is 15.2. The number of hydrogen-bond donors (Lipinski definition) is 1. The van der Waals surface area contributed by atoms with E-state index >= 15 is 0 Å². The number of anilines is 2. The number of hydrogen-bond acceptors (Lipinski definition) is 6. The molecule has 0 unspecified atom stereocenters. The topological polar surface area (TPSA) is 50.3 Å². The fourth-order valence-corrected chi connectivity index (χ4v) is 3.19. The molecule has 0 aromatic carbocycles. The monoisotopic (exact) mass is 308 g/mol. The number of fused-ring (bicyclic) bond motifs is 1. The van der Waals surface area contributed by atoms with Gasteiger partial charge >= 0.3 is 0 Å². The van der Waals surface area contributed by atoms with E-state index in [1.54, 1.807) is 18.4 Å². The van der Waals surface area contributed by atoms with Gasteiger partial charge in [0, 0.05) is 31.6 Å². The molecule has 2 aromatic heterocycles. The summed E-state index contributed by atoms with van der Waals surface area (Å²) in [6.07, 6.45) is 1.03. The minimum atomic E-state index is 0.695. The molecular formula is C15H24N4OS. The second-order valence-electron chi connectivity index (χ2n) is 4.76. The van der Waals surface area contributed by atoms with Crippen molar-refractivity contribution in [2.75, 3.05) is 43.6 Å². The second-order valence-corrected chi connectivity index (χ2v) is 5.87. The van der Waals surface area contributed by atoms with Crippen molar-refractivity contribution in [3.63, 3.8) is 0 Å². The number of nitrogens with one attached hydrogen (secondary N) is 1. The third kappa shape index (κ3) is 3.63. The highest BCUT2D eigenvalue weighted by molar-refractivity contribution is 7.18. The van der Waals surface area contributed by atoms with Gasteiger partial charge in [-0.3, -0.25) is 0 Å². The zero-order valence-electron chi connectivity index (χ0n) is 13.3. The Kier molecular flexibility index (Phi) is 5.76. The van der Waals surface area contributed by atoms with Crippen LogP contribution >= 0.6 is 11.3 Å². The van der Waals surface area contributed by atoms with Crippen molar-refractivity contribution in [3.8, 4) is 0 Å². The van der Waals surface area contributed by atoms with E-state index in [4.69, 9.17) is 9.72 Å². The van der Waals surface area contributed by atoms with E-state index in [0.29, 0.717) is 12.6 Å². The van der Waals surface area contributed by atoms with Crippen LogP contribution in [0.4, 0.5) is 11.8 Å². The highest BCUT2D eigenvalue weighted by Crippen LogP contribution is 2.32. The molecule has 0 spiro atoms. The number of ether oxygens (including phenoxy) is 1. The van der Waals surface area contributed by atoms with Crippen molar-refractivity contribution in [1.29, 1.82) is 0 Å². The normalized spacial score (nSPS) is 11.0. The number of nitrogens with zero attached hydrogens (tertiary/aromatic N) is 3. The van der Waals surface area contributed by atoms with Gasteiger partial charge in [0.25, 0.3) is 0 Å². The van der Waals surface area contributed by atoms with Gasteiger partial charge in [0.05, 0.1) is 12.0 Å². The third-order valence-electron chi connectivity index (χ3n) is 3.35. The van der Waals surface area contributed by atoms with Crippen LogP contribution in [0.5, 0.6) is 0 Å². The number of rotatable bonds is 8. The van der Waals surface area contributed by atoms with E-state index in [1.807, 2.05) is 0 Å². The van der Waals surface area contributed by atoms with E-state index < -0.39 is 0 Å². The molecular weight excluding hydrogens is 284 g/mol. The molecule has 0 amide bonds. The summed E-state index contributed by atoms with van der Waals surface area (Å²) >= 11 is 1.75. The molecule has 0 fully saturated rings. The number of thiophene rings is 1. The molecule has 0 atom stereocenters. The molecule has 0 bridgehead atoms. The first-order valence-electron chi connectivity index (χ1n) is 7.51. The Bertz CT molecular complexity index is 584. The summed E-state index contributed by atoms with van der Waals surface area (Å²) < 4.78 is 5.21.